The van der Waals surface area contributed by atoms with E-state index >= 15 is 0 Å². The van der Waals surface area contributed by atoms with E-state index in [4.69, 9.17) is 15.2 Å². The van der Waals surface area contributed by atoms with Crippen molar-refractivity contribution in [3.8, 4) is 5.75 Å². The maximum Gasteiger partial charge on any atom is 0.122 e. The van der Waals surface area contributed by atoms with Crippen molar-refractivity contribution in [2.24, 2.45) is 5.73 Å². The second-order valence-corrected chi connectivity index (χ2v) is 4.88. The van der Waals surface area contributed by atoms with E-state index < -0.39 is 0 Å². The molecule has 1 aliphatic heterocycles. The van der Waals surface area contributed by atoms with Gasteiger partial charge in [-0.1, -0.05) is 6.07 Å². The molecule has 0 radical (unpaired) electrons. The summed E-state index contributed by atoms with van der Waals surface area (Å²) in [5.74, 6) is 0.953. The first-order chi connectivity index (χ1) is 8.14. The predicted octanol–water partition coefficient (Wildman–Crippen LogP) is 1.93. The van der Waals surface area contributed by atoms with Crippen LogP contribution in [0.1, 0.15) is 23.1 Å². The third-order valence-corrected chi connectivity index (χ3v) is 3.91. The van der Waals surface area contributed by atoms with E-state index in [2.05, 4.69) is 19.9 Å². The number of methoxy groups -OCH3 is 1. The van der Waals surface area contributed by atoms with Crippen molar-refractivity contribution in [2.75, 3.05) is 26.9 Å². The zero-order chi connectivity index (χ0) is 12.5. The Hall–Kier alpha value is -1.06. The minimum Gasteiger partial charge on any atom is -0.496 e. The van der Waals surface area contributed by atoms with E-state index in [0.717, 1.165) is 25.4 Å². The van der Waals surface area contributed by atoms with Crippen molar-refractivity contribution >= 4 is 0 Å². The van der Waals surface area contributed by atoms with E-state index in [-0.39, 0.29) is 5.41 Å². The standard InChI is InChI=1S/C14H21NO2/c1-10-11(2)13(16-3)5-4-12(10)14(6-7-15)8-17-9-14/h4-5H,6-9,15H2,1-3H3. The van der Waals surface area contributed by atoms with Gasteiger partial charge in [-0.25, -0.2) is 0 Å². The number of rotatable bonds is 4. The Morgan fingerprint density at radius 1 is 1.29 bits per heavy atom. The highest BCUT2D eigenvalue weighted by atomic mass is 16.5. The molecule has 3 nitrogen and oxygen atoms in total. The van der Waals surface area contributed by atoms with E-state index in [9.17, 15) is 0 Å². The Bertz CT molecular complexity index is 411. The molecule has 0 aliphatic carbocycles. The second-order valence-electron chi connectivity index (χ2n) is 4.88. The summed E-state index contributed by atoms with van der Waals surface area (Å²) in [4.78, 5) is 0. The second kappa shape index (κ2) is 4.67. The molecule has 2 rings (SSSR count). The summed E-state index contributed by atoms with van der Waals surface area (Å²) in [7, 11) is 1.71. The smallest absolute Gasteiger partial charge is 0.122 e. The molecule has 0 amide bonds. The number of hydrogen-bond acceptors (Lipinski definition) is 3. The molecule has 3 heteroatoms. The van der Waals surface area contributed by atoms with Gasteiger partial charge in [0.1, 0.15) is 5.75 Å². The molecule has 17 heavy (non-hydrogen) atoms. The van der Waals surface area contributed by atoms with Gasteiger partial charge in [0.15, 0.2) is 0 Å². The first kappa shape index (κ1) is 12.4. The van der Waals surface area contributed by atoms with Crippen LogP contribution in [0.5, 0.6) is 5.75 Å². The van der Waals surface area contributed by atoms with Crippen LogP contribution < -0.4 is 10.5 Å². The van der Waals surface area contributed by atoms with Gasteiger partial charge in [-0.2, -0.15) is 0 Å². The molecule has 0 aromatic heterocycles. The average Bonchev–Trinajstić information content (AvgIpc) is 2.28. The van der Waals surface area contributed by atoms with E-state index in [1.54, 1.807) is 7.11 Å². The number of nitrogens with two attached hydrogens (primary N) is 1. The van der Waals surface area contributed by atoms with Gasteiger partial charge in [0.2, 0.25) is 0 Å². The summed E-state index contributed by atoms with van der Waals surface area (Å²) < 4.78 is 10.8. The van der Waals surface area contributed by atoms with Gasteiger partial charge >= 0.3 is 0 Å². The van der Waals surface area contributed by atoms with Crippen LogP contribution in [0.4, 0.5) is 0 Å². The van der Waals surface area contributed by atoms with Gasteiger partial charge in [0.05, 0.1) is 20.3 Å². The Morgan fingerprint density at radius 3 is 2.47 bits per heavy atom. The SMILES string of the molecule is COc1ccc(C2(CCN)COC2)c(C)c1C. The summed E-state index contributed by atoms with van der Waals surface area (Å²) in [6.45, 7) is 6.54. The summed E-state index contributed by atoms with van der Waals surface area (Å²) in [5.41, 5.74) is 9.75. The Morgan fingerprint density at radius 2 is 2.00 bits per heavy atom. The Labute approximate surface area is 103 Å². The summed E-state index contributed by atoms with van der Waals surface area (Å²) in [6.07, 6.45) is 0.986. The first-order valence-corrected chi connectivity index (χ1v) is 6.07. The first-order valence-electron chi connectivity index (χ1n) is 6.07. The van der Waals surface area contributed by atoms with Crippen molar-refractivity contribution in [1.29, 1.82) is 0 Å². The molecular weight excluding hydrogens is 214 g/mol. The zero-order valence-electron chi connectivity index (χ0n) is 10.9. The minimum atomic E-state index is 0.135. The van der Waals surface area contributed by atoms with Crippen LogP contribution in [-0.4, -0.2) is 26.9 Å². The van der Waals surface area contributed by atoms with E-state index in [1.165, 1.54) is 16.7 Å². The van der Waals surface area contributed by atoms with Crippen LogP contribution in [-0.2, 0) is 10.2 Å². The summed E-state index contributed by atoms with van der Waals surface area (Å²) in [6, 6.07) is 4.22. The van der Waals surface area contributed by atoms with Crippen LogP contribution in [0.25, 0.3) is 0 Å². The predicted molar refractivity (Wildman–Crippen MR) is 68.6 cm³/mol. The maximum atomic E-state index is 5.73. The van der Waals surface area contributed by atoms with Crippen molar-refractivity contribution in [3.05, 3.63) is 28.8 Å². The summed E-state index contributed by atoms with van der Waals surface area (Å²) in [5, 5.41) is 0. The largest absolute Gasteiger partial charge is 0.496 e. The molecule has 1 aromatic rings. The topological polar surface area (TPSA) is 44.5 Å². The molecule has 0 unspecified atom stereocenters. The number of ether oxygens (including phenoxy) is 2. The highest BCUT2D eigenvalue weighted by Crippen LogP contribution is 2.39. The van der Waals surface area contributed by atoms with Crippen LogP contribution in [0.3, 0.4) is 0 Å². The molecule has 0 bridgehead atoms. The van der Waals surface area contributed by atoms with Crippen molar-refractivity contribution in [3.63, 3.8) is 0 Å². The Kier molecular flexibility index (Phi) is 3.40. The van der Waals surface area contributed by atoms with Crippen LogP contribution in [0.2, 0.25) is 0 Å². The van der Waals surface area contributed by atoms with Crippen LogP contribution in [0, 0.1) is 13.8 Å². The zero-order valence-corrected chi connectivity index (χ0v) is 10.9. The van der Waals surface area contributed by atoms with Gasteiger partial charge in [0, 0.05) is 5.41 Å². The fourth-order valence-electron chi connectivity index (χ4n) is 2.65. The normalized spacial score (nSPS) is 17.6. The van der Waals surface area contributed by atoms with Crippen molar-refractivity contribution in [1.82, 2.24) is 0 Å². The lowest BCUT2D eigenvalue weighted by atomic mass is 9.73. The molecule has 94 valence electrons. The van der Waals surface area contributed by atoms with Gasteiger partial charge < -0.3 is 15.2 Å². The molecule has 1 aliphatic rings. The van der Waals surface area contributed by atoms with Gasteiger partial charge in [-0.05, 0) is 49.6 Å². The third-order valence-electron chi connectivity index (χ3n) is 3.91. The van der Waals surface area contributed by atoms with Gasteiger partial charge in [-0.15, -0.1) is 0 Å². The number of hydrogen-bond donors (Lipinski definition) is 1. The average molecular weight is 235 g/mol. The van der Waals surface area contributed by atoms with E-state index in [1.807, 2.05) is 6.07 Å². The molecular formula is C14H21NO2. The molecule has 0 spiro atoms. The van der Waals surface area contributed by atoms with Crippen molar-refractivity contribution in [2.45, 2.75) is 25.7 Å². The highest BCUT2D eigenvalue weighted by Gasteiger charge is 2.40. The Balaban J connectivity index is 2.42. The van der Waals surface area contributed by atoms with Gasteiger partial charge in [-0.3, -0.25) is 0 Å². The third kappa shape index (κ3) is 1.94. The van der Waals surface area contributed by atoms with E-state index in [0.29, 0.717) is 6.54 Å². The van der Waals surface area contributed by atoms with Gasteiger partial charge in [0.25, 0.3) is 0 Å². The maximum absolute atomic E-state index is 5.73. The summed E-state index contributed by atoms with van der Waals surface area (Å²) >= 11 is 0. The molecule has 1 heterocycles. The highest BCUT2D eigenvalue weighted by molar-refractivity contribution is 5.47. The molecule has 1 fully saturated rings. The quantitative estimate of drug-likeness (QED) is 0.867. The van der Waals surface area contributed by atoms with Crippen LogP contribution >= 0.6 is 0 Å². The van der Waals surface area contributed by atoms with Crippen molar-refractivity contribution < 1.29 is 9.47 Å². The minimum absolute atomic E-state index is 0.135. The lowest BCUT2D eigenvalue weighted by molar-refractivity contribution is -0.0634. The monoisotopic (exact) mass is 235 g/mol. The molecule has 2 N–H and O–H groups in total. The molecule has 1 aromatic carbocycles. The fourth-order valence-corrected chi connectivity index (χ4v) is 2.65. The lowest BCUT2D eigenvalue weighted by Crippen LogP contribution is -2.48. The molecule has 0 atom stereocenters. The van der Waals surface area contributed by atoms with Crippen LogP contribution in [0.15, 0.2) is 12.1 Å². The molecule has 1 saturated heterocycles. The molecule has 0 saturated carbocycles. The number of benzene rings is 1. The lowest BCUT2D eigenvalue weighted by Gasteiger charge is -2.43. The fraction of sp³-hybridized carbons (Fsp3) is 0.571.